The molecular formula is C13H17NO3S. The zero-order valence-corrected chi connectivity index (χ0v) is 10.9. The number of carbonyl (C=O) groups is 2. The van der Waals surface area contributed by atoms with E-state index in [4.69, 9.17) is 5.11 Å². The van der Waals surface area contributed by atoms with Gasteiger partial charge in [-0.25, -0.2) is 0 Å². The number of amides is 1. The maximum Gasteiger partial charge on any atom is 0.306 e. The molecule has 1 amide bonds. The summed E-state index contributed by atoms with van der Waals surface area (Å²) in [5.41, 5.74) is 0. The highest BCUT2D eigenvalue weighted by atomic mass is 32.1. The summed E-state index contributed by atoms with van der Waals surface area (Å²) in [4.78, 5) is 23.7. The van der Waals surface area contributed by atoms with Gasteiger partial charge in [-0.1, -0.05) is 6.07 Å². The number of carboxylic acid groups (broad SMARTS) is 1. The molecule has 1 aliphatic carbocycles. The molecule has 1 aromatic heterocycles. The van der Waals surface area contributed by atoms with E-state index in [9.17, 15) is 9.59 Å². The van der Waals surface area contributed by atoms with Crippen molar-refractivity contribution in [3.63, 3.8) is 0 Å². The normalized spacial score (nSPS) is 22.9. The van der Waals surface area contributed by atoms with Crippen molar-refractivity contribution in [2.75, 3.05) is 0 Å². The van der Waals surface area contributed by atoms with Crippen molar-refractivity contribution in [2.24, 2.45) is 5.92 Å². The standard InChI is InChI=1S/C13H17NO3S/c15-12(6-5-11-2-1-7-18-11)14-10-4-3-9(8-10)13(16)17/h1-2,7,9-10H,3-6,8H2,(H,14,15)(H,16,17)/t9-,10-/m1/s1. The van der Waals surface area contributed by atoms with Crippen molar-refractivity contribution in [3.8, 4) is 0 Å². The molecule has 0 spiro atoms. The number of carbonyl (C=O) groups excluding carboxylic acids is 1. The molecule has 1 aromatic rings. The third-order valence-electron chi connectivity index (χ3n) is 3.33. The van der Waals surface area contributed by atoms with E-state index in [1.807, 2.05) is 17.5 Å². The number of nitrogens with one attached hydrogen (secondary N) is 1. The molecule has 2 rings (SSSR count). The van der Waals surface area contributed by atoms with E-state index < -0.39 is 5.97 Å². The third-order valence-corrected chi connectivity index (χ3v) is 4.26. The molecule has 98 valence electrons. The van der Waals surface area contributed by atoms with Gasteiger partial charge in [-0.15, -0.1) is 11.3 Å². The van der Waals surface area contributed by atoms with Crippen LogP contribution < -0.4 is 5.32 Å². The fourth-order valence-corrected chi connectivity index (χ4v) is 3.04. The topological polar surface area (TPSA) is 66.4 Å². The molecule has 4 nitrogen and oxygen atoms in total. The lowest BCUT2D eigenvalue weighted by Gasteiger charge is -2.12. The maximum atomic E-state index is 11.7. The minimum Gasteiger partial charge on any atom is -0.481 e. The number of aliphatic carboxylic acids is 1. The lowest BCUT2D eigenvalue weighted by atomic mass is 10.1. The first-order chi connectivity index (χ1) is 8.65. The Morgan fingerprint density at radius 2 is 2.28 bits per heavy atom. The van der Waals surface area contributed by atoms with Crippen LogP contribution in [-0.2, 0) is 16.0 Å². The number of hydrogen-bond acceptors (Lipinski definition) is 3. The summed E-state index contributed by atoms with van der Waals surface area (Å²) >= 11 is 1.65. The number of aryl methyl sites for hydroxylation is 1. The highest BCUT2D eigenvalue weighted by molar-refractivity contribution is 7.09. The van der Waals surface area contributed by atoms with E-state index in [1.54, 1.807) is 11.3 Å². The average Bonchev–Trinajstić information content (AvgIpc) is 2.96. The van der Waals surface area contributed by atoms with Gasteiger partial charge in [0, 0.05) is 17.3 Å². The number of hydrogen-bond donors (Lipinski definition) is 2. The van der Waals surface area contributed by atoms with Gasteiger partial charge in [0.1, 0.15) is 0 Å². The van der Waals surface area contributed by atoms with Gasteiger partial charge in [0.05, 0.1) is 5.92 Å². The monoisotopic (exact) mass is 267 g/mol. The molecule has 0 unspecified atom stereocenters. The molecule has 1 saturated carbocycles. The zero-order valence-electron chi connectivity index (χ0n) is 10.1. The van der Waals surface area contributed by atoms with Crippen molar-refractivity contribution in [2.45, 2.75) is 38.1 Å². The second kappa shape index (κ2) is 6.00. The Morgan fingerprint density at radius 3 is 2.89 bits per heavy atom. The first-order valence-electron chi connectivity index (χ1n) is 6.19. The molecule has 0 radical (unpaired) electrons. The summed E-state index contributed by atoms with van der Waals surface area (Å²) in [6.45, 7) is 0. The summed E-state index contributed by atoms with van der Waals surface area (Å²) in [6, 6.07) is 4.04. The number of carboxylic acids is 1. The van der Waals surface area contributed by atoms with Crippen molar-refractivity contribution in [3.05, 3.63) is 22.4 Å². The van der Waals surface area contributed by atoms with Crippen molar-refractivity contribution in [1.29, 1.82) is 0 Å². The molecule has 1 aliphatic rings. The largest absolute Gasteiger partial charge is 0.481 e. The van der Waals surface area contributed by atoms with E-state index in [0.717, 1.165) is 12.8 Å². The average molecular weight is 267 g/mol. The van der Waals surface area contributed by atoms with E-state index >= 15 is 0 Å². The van der Waals surface area contributed by atoms with Crippen LogP contribution in [0.1, 0.15) is 30.6 Å². The van der Waals surface area contributed by atoms with Gasteiger partial charge in [-0.05, 0) is 37.1 Å². The van der Waals surface area contributed by atoms with Crippen LogP contribution in [-0.4, -0.2) is 23.0 Å². The van der Waals surface area contributed by atoms with Crippen LogP contribution in [0.4, 0.5) is 0 Å². The van der Waals surface area contributed by atoms with E-state index in [-0.39, 0.29) is 17.9 Å². The highest BCUT2D eigenvalue weighted by Gasteiger charge is 2.30. The van der Waals surface area contributed by atoms with Gasteiger partial charge in [0.25, 0.3) is 0 Å². The summed E-state index contributed by atoms with van der Waals surface area (Å²) in [5, 5.41) is 13.8. The molecule has 0 saturated heterocycles. The predicted molar refractivity (Wildman–Crippen MR) is 69.5 cm³/mol. The summed E-state index contributed by atoms with van der Waals surface area (Å²) in [5.74, 6) is -1.00. The zero-order chi connectivity index (χ0) is 13.0. The van der Waals surface area contributed by atoms with E-state index in [1.165, 1.54) is 4.88 Å². The van der Waals surface area contributed by atoms with E-state index in [0.29, 0.717) is 19.3 Å². The molecule has 18 heavy (non-hydrogen) atoms. The SMILES string of the molecule is O=C(CCc1cccs1)N[C@@H]1CC[C@@H](C(=O)O)C1. The second-order valence-corrected chi connectivity index (χ2v) is 5.72. The summed E-state index contributed by atoms with van der Waals surface area (Å²) in [6.07, 6.45) is 3.26. The Balaban J connectivity index is 1.70. The number of thiophene rings is 1. The fourth-order valence-electron chi connectivity index (χ4n) is 2.33. The summed E-state index contributed by atoms with van der Waals surface area (Å²) < 4.78 is 0. The minimum absolute atomic E-state index is 0.0273. The highest BCUT2D eigenvalue weighted by Crippen LogP contribution is 2.25. The smallest absolute Gasteiger partial charge is 0.306 e. The Bertz CT molecular complexity index is 416. The van der Waals surface area contributed by atoms with Crippen molar-refractivity contribution in [1.82, 2.24) is 5.32 Å². The molecule has 5 heteroatoms. The van der Waals surface area contributed by atoms with Crippen LogP contribution in [0, 0.1) is 5.92 Å². The van der Waals surface area contributed by atoms with Gasteiger partial charge in [0.2, 0.25) is 5.91 Å². The van der Waals surface area contributed by atoms with Crippen LogP contribution in [0.5, 0.6) is 0 Å². The van der Waals surface area contributed by atoms with Crippen LogP contribution in [0.2, 0.25) is 0 Å². The molecule has 0 aliphatic heterocycles. The third kappa shape index (κ3) is 3.57. The Hall–Kier alpha value is -1.36. The molecule has 0 bridgehead atoms. The van der Waals surface area contributed by atoms with Gasteiger partial charge < -0.3 is 10.4 Å². The van der Waals surface area contributed by atoms with Crippen LogP contribution in [0.15, 0.2) is 17.5 Å². The predicted octanol–water partition coefficient (Wildman–Crippen LogP) is 2.05. The lowest BCUT2D eigenvalue weighted by molar-refractivity contribution is -0.141. The first-order valence-corrected chi connectivity index (χ1v) is 7.07. The van der Waals surface area contributed by atoms with Crippen molar-refractivity contribution >= 4 is 23.2 Å². The van der Waals surface area contributed by atoms with Gasteiger partial charge in [-0.3, -0.25) is 9.59 Å². The molecule has 1 heterocycles. The van der Waals surface area contributed by atoms with Crippen molar-refractivity contribution < 1.29 is 14.7 Å². The Morgan fingerprint density at radius 1 is 1.44 bits per heavy atom. The van der Waals surface area contributed by atoms with Gasteiger partial charge in [-0.2, -0.15) is 0 Å². The van der Waals surface area contributed by atoms with Gasteiger partial charge in [0.15, 0.2) is 0 Å². The maximum absolute atomic E-state index is 11.7. The minimum atomic E-state index is -0.745. The van der Waals surface area contributed by atoms with Crippen LogP contribution in [0.25, 0.3) is 0 Å². The van der Waals surface area contributed by atoms with Gasteiger partial charge >= 0.3 is 5.97 Å². The lowest BCUT2D eigenvalue weighted by Crippen LogP contribution is -2.33. The molecule has 2 N–H and O–H groups in total. The van der Waals surface area contributed by atoms with Crippen LogP contribution in [0.3, 0.4) is 0 Å². The molecule has 2 atom stereocenters. The fraction of sp³-hybridized carbons (Fsp3) is 0.538. The van der Waals surface area contributed by atoms with Crippen LogP contribution >= 0.6 is 11.3 Å². The quantitative estimate of drug-likeness (QED) is 0.858. The molecular weight excluding hydrogens is 250 g/mol. The number of rotatable bonds is 5. The second-order valence-electron chi connectivity index (χ2n) is 4.69. The molecule has 1 fully saturated rings. The van der Waals surface area contributed by atoms with E-state index in [2.05, 4.69) is 5.32 Å². The first kappa shape index (κ1) is 13.1. The molecule has 0 aromatic carbocycles. The Labute approximate surface area is 110 Å². The Kier molecular flexibility index (Phi) is 4.36. The summed E-state index contributed by atoms with van der Waals surface area (Å²) in [7, 11) is 0.